The molecular formula is C42H30N2. The van der Waals surface area contributed by atoms with Gasteiger partial charge in [0.2, 0.25) is 0 Å². The van der Waals surface area contributed by atoms with Gasteiger partial charge in [0.15, 0.2) is 0 Å². The molecule has 0 amide bonds. The van der Waals surface area contributed by atoms with Gasteiger partial charge in [-0.2, -0.15) is 0 Å². The Labute approximate surface area is 257 Å². The Balaban J connectivity index is 1.21. The van der Waals surface area contributed by atoms with Crippen molar-refractivity contribution >= 4 is 38.9 Å². The van der Waals surface area contributed by atoms with Crippen LogP contribution in [0.2, 0.25) is 0 Å². The summed E-state index contributed by atoms with van der Waals surface area (Å²) in [5.41, 5.74) is 11.8. The molecule has 1 heterocycles. The van der Waals surface area contributed by atoms with E-state index >= 15 is 0 Å². The molecule has 0 atom stereocenters. The Morgan fingerprint density at radius 2 is 0.818 bits per heavy atom. The summed E-state index contributed by atoms with van der Waals surface area (Å²) in [6, 6.07) is 65.0. The standard InChI is InChI=1S/C42H30N2/c1-4-13-31(14-5-1)33-15-12-20-38(29-33)44-41-22-11-10-21-39(41)40-30-34(25-28-42(40)44)32-23-26-37(27-24-32)43(35-16-6-2-7-17-35)36-18-8-3-9-19-36/h1-30H. The van der Waals surface area contributed by atoms with Gasteiger partial charge in [-0.3, -0.25) is 0 Å². The van der Waals surface area contributed by atoms with Crippen molar-refractivity contribution in [1.29, 1.82) is 0 Å². The second kappa shape index (κ2) is 11.1. The molecule has 208 valence electrons. The molecule has 0 spiro atoms. The molecule has 2 heteroatoms. The van der Waals surface area contributed by atoms with Gasteiger partial charge < -0.3 is 9.47 Å². The van der Waals surface area contributed by atoms with E-state index in [1.165, 1.54) is 44.1 Å². The first kappa shape index (κ1) is 25.8. The van der Waals surface area contributed by atoms with Crippen LogP contribution in [0.4, 0.5) is 17.1 Å². The molecule has 0 bridgehead atoms. The second-order valence-corrected chi connectivity index (χ2v) is 11.1. The fraction of sp³-hybridized carbons (Fsp3) is 0. The van der Waals surface area contributed by atoms with Crippen molar-refractivity contribution in [1.82, 2.24) is 4.57 Å². The fourth-order valence-electron chi connectivity index (χ4n) is 6.29. The van der Waals surface area contributed by atoms with Crippen LogP contribution in [0.5, 0.6) is 0 Å². The maximum absolute atomic E-state index is 2.39. The zero-order chi connectivity index (χ0) is 29.3. The largest absolute Gasteiger partial charge is 0.311 e. The SMILES string of the molecule is c1ccc(-c2cccc(-n3c4ccccc4c4cc(-c5ccc(N(c6ccccc6)c6ccccc6)cc5)ccc43)c2)cc1. The highest BCUT2D eigenvalue weighted by Crippen LogP contribution is 2.38. The number of nitrogens with zero attached hydrogens (tertiary/aromatic N) is 2. The molecule has 44 heavy (non-hydrogen) atoms. The van der Waals surface area contributed by atoms with Crippen LogP contribution in [0.15, 0.2) is 182 Å². The van der Waals surface area contributed by atoms with Gasteiger partial charge in [-0.1, -0.05) is 115 Å². The molecule has 0 saturated carbocycles. The van der Waals surface area contributed by atoms with Gasteiger partial charge in [0.25, 0.3) is 0 Å². The molecule has 0 radical (unpaired) electrons. The Hall–Kier alpha value is -5.86. The Morgan fingerprint density at radius 1 is 0.318 bits per heavy atom. The summed E-state index contributed by atoms with van der Waals surface area (Å²) in [6.07, 6.45) is 0. The molecule has 0 aliphatic heterocycles. The summed E-state index contributed by atoms with van der Waals surface area (Å²) >= 11 is 0. The van der Waals surface area contributed by atoms with E-state index in [0.717, 1.165) is 22.7 Å². The van der Waals surface area contributed by atoms with Gasteiger partial charge in [-0.25, -0.2) is 0 Å². The number of hydrogen-bond donors (Lipinski definition) is 0. The molecule has 0 aliphatic rings. The van der Waals surface area contributed by atoms with Crippen molar-refractivity contribution in [2.45, 2.75) is 0 Å². The zero-order valence-electron chi connectivity index (χ0n) is 24.2. The molecule has 2 nitrogen and oxygen atoms in total. The topological polar surface area (TPSA) is 8.17 Å². The third-order valence-corrected chi connectivity index (χ3v) is 8.37. The van der Waals surface area contributed by atoms with E-state index in [0.29, 0.717) is 0 Å². The second-order valence-electron chi connectivity index (χ2n) is 11.1. The van der Waals surface area contributed by atoms with Crippen molar-refractivity contribution in [3.8, 4) is 27.9 Å². The number of fused-ring (bicyclic) bond motifs is 3. The Kier molecular flexibility index (Phi) is 6.51. The number of para-hydroxylation sites is 3. The molecular weight excluding hydrogens is 532 g/mol. The van der Waals surface area contributed by atoms with E-state index in [4.69, 9.17) is 0 Å². The highest BCUT2D eigenvalue weighted by molar-refractivity contribution is 6.10. The number of hydrogen-bond acceptors (Lipinski definition) is 1. The van der Waals surface area contributed by atoms with Gasteiger partial charge in [-0.15, -0.1) is 0 Å². The molecule has 0 aliphatic carbocycles. The molecule has 0 unspecified atom stereocenters. The monoisotopic (exact) mass is 562 g/mol. The lowest BCUT2D eigenvalue weighted by atomic mass is 10.0. The molecule has 7 aromatic carbocycles. The molecule has 0 N–H and O–H groups in total. The van der Waals surface area contributed by atoms with Gasteiger partial charge in [0, 0.05) is 33.5 Å². The lowest BCUT2D eigenvalue weighted by molar-refractivity contribution is 1.18. The third-order valence-electron chi connectivity index (χ3n) is 8.37. The normalized spacial score (nSPS) is 11.2. The summed E-state index contributed by atoms with van der Waals surface area (Å²) in [5.74, 6) is 0. The Morgan fingerprint density at radius 3 is 1.52 bits per heavy atom. The smallest absolute Gasteiger partial charge is 0.0541 e. The van der Waals surface area contributed by atoms with E-state index in [1.54, 1.807) is 0 Å². The quantitative estimate of drug-likeness (QED) is 0.196. The first-order valence-corrected chi connectivity index (χ1v) is 15.0. The lowest BCUT2D eigenvalue weighted by Crippen LogP contribution is -2.09. The van der Waals surface area contributed by atoms with E-state index in [-0.39, 0.29) is 0 Å². The molecule has 8 rings (SSSR count). The highest BCUT2D eigenvalue weighted by Gasteiger charge is 2.15. The van der Waals surface area contributed by atoms with Crippen LogP contribution in [0.1, 0.15) is 0 Å². The van der Waals surface area contributed by atoms with Gasteiger partial charge >= 0.3 is 0 Å². The number of aromatic nitrogens is 1. The first-order chi connectivity index (χ1) is 21.8. The van der Waals surface area contributed by atoms with Crippen LogP contribution in [0, 0.1) is 0 Å². The predicted molar refractivity (Wildman–Crippen MR) is 186 cm³/mol. The van der Waals surface area contributed by atoms with E-state index in [9.17, 15) is 0 Å². The minimum absolute atomic E-state index is 1.13. The predicted octanol–water partition coefficient (Wildman–Crippen LogP) is 11.6. The minimum atomic E-state index is 1.13. The van der Waals surface area contributed by atoms with E-state index in [1.807, 2.05) is 0 Å². The van der Waals surface area contributed by atoms with Gasteiger partial charge in [-0.05, 0) is 89.0 Å². The van der Waals surface area contributed by atoms with Gasteiger partial charge in [0.1, 0.15) is 0 Å². The molecule has 1 aromatic heterocycles. The maximum atomic E-state index is 2.39. The van der Waals surface area contributed by atoms with Gasteiger partial charge in [0.05, 0.1) is 11.0 Å². The van der Waals surface area contributed by atoms with Crippen LogP contribution < -0.4 is 4.90 Å². The van der Waals surface area contributed by atoms with Crippen molar-refractivity contribution < 1.29 is 0 Å². The highest BCUT2D eigenvalue weighted by atomic mass is 15.1. The summed E-state index contributed by atoms with van der Waals surface area (Å²) in [6.45, 7) is 0. The van der Waals surface area contributed by atoms with Crippen molar-refractivity contribution in [3.63, 3.8) is 0 Å². The van der Waals surface area contributed by atoms with Crippen molar-refractivity contribution in [2.24, 2.45) is 0 Å². The average molecular weight is 563 g/mol. The fourth-order valence-corrected chi connectivity index (χ4v) is 6.29. The zero-order valence-corrected chi connectivity index (χ0v) is 24.2. The van der Waals surface area contributed by atoms with E-state index in [2.05, 4.69) is 191 Å². The minimum Gasteiger partial charge on any atom is -0.311 e. The lowest BCUT2D eigenvalue weighted by Gasteiger charge is -2.25. The van der Waals surface area contributed by atoms with Crippen LogP contribution in [0.3, 0.4) is 0 Å². The molecule has 8 aromatic rings. The first-order valence-electron chi connectivity index (χ1n) is 15.0. The third kappa shape index (κ3) is 4.63. The van der Waals surface area contributed by atoms with Crippen molar-refractivity contribution in [3.05, 3.63) is 182 Å². The molecule has 0 fully saturated rings. The summed E-state index contributed by atoms with van der Waals surface area (Å²) in [5, 5.41) is 2.51. The maximum Gasteiger partial charge on any atom is 0.0541 e. The summed E-state index contributed by atoms with van der Waals surface area (Å²) < 4.78 is 2.39. The van der Waals surface area contributed by atoms with Crippen molar-refractivity contribution in [2.75, 3.05) is 4.90 Å². The van der Waals surface area contributed by atoms with Crippen LogP contribution in [-0.4, -0.2) is 4.57 Å². The summed E-state index contributed by atoms with van der Waals surface area (Å²) in [4.78, 5) is 2.30. The summed E-state index contributed by atoms with van der Waals surface area (Å²) in [7, 11) is 0. The number of benzene rings is 7. The van der Waals surface area contributed by atoms with Crippen LogP contribution in [-0.2, 0) is 0 Å². The van der Waals surface area contributed by atoms with E-state index < -0.39 is 0 Å². The molecule has 0 saturated heterocycles. The average Bonchev–Trinajstić information content (AvgIpc) is 3.44. The Bertz CT molecular complexity index is 2160. The number of rotatable bonds is 6. The van der Waals surface area contributed by atoms with Crippen LogP contribution in [0.25, 0.3) is 49.7 Å². The van der Waals surface area contributed by atoms with Crippen LogP contribution >= 0.6 is 0 Å². The number of anilines is 3.